The highest BCUT2D eigenvalue weighted by Crippen LogP contribution is 2.07. The van der Waals surface area contributed by atoms with E-state index in [0.717, 1.165) is 36.6 Å². The van der Waals surface area contributed by atoms with Crippen molar-refractivity contribution in [3.05, 3.63) is 131 Å². The Hall–Kier alpha value is -2.72. The van der Waals surface area contributed by atoms with Crippen LogP contribution in [0.3, 0.4) is 0 Å². The molecule has 0 unspecified atom stereocenters. The van der Waals surface area contributed by atoms with Gasteiger partial charge in [0.05, 0.1) is 6.08 Å². The van der Waals surface area contributed by atoms with Gasteiger partial charge in [-0.2, -0.15) is 0 Å². The lowest BCUT2D eigenvalue weighted by molar-refractivity contribution is -0.698. The predicted molar refractivity (Wildman–Crippen MR) is 227 cm³/mol. The van der Waals surface area contributed by atoms with Crippen molar-refractivity contribution in [2.24, 2.45) is 0 Å². The predicted octanol–water partition coefficient (Wildman–Crippen LogP) is 12.7. The zero-order valence-corrected chi connectivity index (χ0v) is 35.3. The van der Waals surface area contributed by atoms with E-state index >= 15 is 0 Å². The van der Waals surface area contributed by atoms with Gasteiger partial charge in [-0.1, -0.05) is 91.1 Å². The number of hydrogen-bond acceptors (Lipinski definition) is 1. The van der Waals surface area contributed by atoms with E-state index in [2.05, 4.69) is 165 Å². The third kappa shape index (κ3) is 27.1. The molecule has 0 amide bonds. The summed E-state index contributed by atoms with van der Waals surface area (Å²) in [6, 6.07) is 4.33. The Labute approximate surface area is 324 Å². The minimum atomic E-state index is 1.10. The van der Waals surface area contributed by atoms with Crippen molar-refractivity contribution < 1.29 is 9.14 Å². The summed E-state index contributed by atoms with van der Waals surface area (Å²) in [6.07, 6.45) is 48.5. The van der Waals surface area contributed by atoms with E-state index in [9.17, 15) is 0 Å². The molecule has 2 aromatic heterocycles. The number of pyridine rings is 2. The Morgan fingerprint density at radius 1 is 0.580 bits per heavy atom. The van der Waals surface area contributed by atoms with E-state index in [0.29, 0.717) is 0 Å². The normalized spacial score (nSPS) is 12.8. The summed E-state index contributed by atoms with van der Waals surface area (Å²) in [4.78, 5) is 3.98. The molecule has 50 heavy (non-hydrogen) atoms. The van der Waals surface area contributed by atoms with E-state index in [1.54, 1.807) is 0 Å². The molecule has 3 nitrogen and oxygen atoms in total. The fourth-order valence-corrected chi connectivity index (χ4v) is 6.19. The van der Waals surface area contributed by atoms with Crippen LogP contribution in [0.2, 0.25) is 0 Å². The minimum Gasteiger partial charge on any atom is -0.264 e. The second kappa shape index (κ2) is 31.1. The molecular formula is C45H66Br2N3+3. The van der Waals surface area contributed by atoms with Crippen LogP contribution in [0.25, 0.3) is 0 Å². The Kier molecular flexibility index (Phi) is 28.1. The van der Waals surface area contributed by atoms with Gasteiger partial charge >= 0.3 is 0 Å². The lowest BCUT2D eigenvalue weighted by Gasteiger charge is -1.99. The molecule has 0 aromatic carbocycles. The Morgan fingerprint density at radius 3 is 1.44 bits per heavy atom. The van der Waals surface area contributed by atoms with Crippen LogP contribution in [0, 0.1) is 33.8 Å². The average molecular weight is 809 g/mol. The lowest BCUT2D eigenvalue weighted by Crippen LogP contribution is -2.33. The van der Waals surface area contributed by atoms with Crippen molar-refractivity contribution in [2.45, 2.75) is 125 Å². The lowest BCUT2D eigenvalue weighted by atomic mass is 10.1. The SMILES string of the molecule is BrCCCC/C=C\C=C/CCCCBr.CC1=[C+]C(C)=C[N+](CCCC/C=C\C=C/CCCC[n+]2cc(C)cc(C)c2)=C1.Cc1cncc(C)c1. The van der Waals surface area contributed by atoms with Crippen molar-refractivity contribution >= 4 is 38.1 Å². The summed E-state index contributed by atoms with van der Waals surface area (Å²) in [7, 11) is 0. The molecule has 3 rings (SSSR count). The van der Waals surface area contributed by atoms with Gasteiger partial charge in [0.15, 0.2) is 30.1 Å². The molecule has 0 saturated carbocycles. The molecule has 0 atom stereocenters. The van der Waals surface area contributed by atoms with Crippen molar-refractivity contribution in [3.63, 3.8) is 0 Å². The van der Waals surface area contributed by atoms with E-state index in [-0.39, 0.29) is 0 Å². The van der Waals surface area contributed by atoms with Gasteiger partial charge in [-0.25, -0.2) is 4.57 Å². The number of aromatic nitrogens is 2. The maximum Gasteiger partial charge on any atom is 0.278 e. The zero-order chi connectivity index (χ0) is 36.7. The van der Waals surface area contributed by atoms with E-state index < -0.39 is 0 Å². The monoisotopic (exact) mass is 806 g/mol. The van der Waals surface area contributed by atoms with Crippen LogP contribution in [0.5, 0.6) is 0 Å². The van der Waals surface area contributed by atoms with Gasteiger partial charge in [0, 0.05) is 60.9 Å². The molecule has 5 heteroatoms. The summed E-state index contributed by atoms with van der Waals surface area (Å²) in [5.41, 5.74) is 7.58. The molecule has 0 aliphatic carbocycles. The first-order valence-electron chi connectivity index (χ1n) is 18.7. The van der Waals surface area contributed by atoms with Crippen LogP contribution in [-0.4, -0.2) is 33.0 Å². The molecule has 0 spiro atoms. The topological polar surface area (TPSA) is 19.8 Å². The summed E-state index contributed by atoms with van der Waals surface area (Å²) in [6.45, 7) is 14.8. The van der Waals surface area contributed by atoms with Gasteiger partial charge in [-0.15, -0.1) is 0 Å². The summed E-state index contributed by atoms with van der Waals surface area (Å²) >= 11 is 6.85. The van der Waals surface area contributed by atoms with Crippen LogP contribution in [0.1, 0.15) is 113 Å². The zero-order valence-electron chi connectivity index (χ0n) is 32.1. The third-order valence-corrected chi connectivity index (χ3v) is 8.79. The van der Waals surface area contributed by atoms with Crippen LogP contribution in [0.4, 0.5) is 0 Å². The molecule has 0 fully saturated rings. The molecule has 0 radical (unpaired) electrons. The van der Waals surface area contributed by atoms with Gasteiger partial charge in [0.1, 0.15) is 6.54 Å². The Balaban J connectivity index is 0.000000467. The molecule has 1 aliphatic rings. The first kappa shape index (κ1) is 45.3. The van der Waals surface area contributed by atoms with Crippen LogP contribution in [-0.2, 0) is 6.54 Å². The highest BCUT2D eigenvalue weighted by molar-refractivity contribution is 9.09. The first-order chi connectivity index (χ1) is 24.2. The molecule has 272 valence electrons. The quantitative estimate of drug-likeness (QED) is 0.0429. The highest BCUT2D eigenvalue weighted by atomic mass is 79.9. The number of nitrogens with zero attached hydrogens (tertiary/aromatic N) is 3. The Morgan fingerprint density at radius 2 is 1.02 bits per heavy atom. The van der Waals surface area contributed by atoms with Gasteiger partial charge in [0.2, 0.25) is 0 Å². The molecule has 2 aromatic rings. The molecule has 0 bridgehead atoms. The molecular weight excluding hydrogens is 742 g/mol. The van der Waals surface area contributed by atoms with Crippen LogP contribution in [0.15, 0.2) is 103 Å². The number of allylic oxidation sites excluding steroid dienone is 11. The highest BCUT2D eigenvalue weighted by Gasteiger charge is 2.16. The largest absolute Gasteiger partial charge is 0.278 e. The van der Waals surface area contributed by atoms with Gasteiger partial charge in [0.25, 0.3) is 12.4 Å². The molecule has 0 N–H and O–H groups in total. The summed E-state index contributed by atoms with van der Waals surface area (Å²) in [5, 5.41) is 2.26. The smallest absolute Gasteiger partial charge is 0.264 e. The molecule has 3 heterocycles. The fourth-order valence-electron chi connectivity index (χ4n) is 5.39. The van der Waals surface area contributed by atoms with Gasteiger partial charge < -0.3 is 0 Å². The minimum absolute atomic E-state index is 1.10. The van der Waals surface area contributed by atoms with Gasteiger partial charge in [-0.3, -0.25) is 4.98 Å². The number of rotatable bonds is 20. The number of alkyl halides is 2. The number of unbranched alkanes of at least 4 members (excludes halogenated alkanes) is 8. The fraction of sp³-hybridized carbons (Fsp3) is 0.489. The molecule has 0 saturated heterocycles. The van der Waals surface area contributed by atoms with E-state index in [4.69, 9.17) is 0 Å². The maximum atomic E-state index is 3.98. The van der Waals surface area contributed by atoms with Crippen molar-refractivity contribution in [1.29, 1.82) is 0 Å². The number of halogens is 2. The van der Waals surface area contributed by atoms with E-state index in [1.165, 1.54) is 97.6 Å². The Bertz CT molecular complexity index is 1340. The second-order valence-electron chi connectivity index (χ2n) is 13.2. The summed E-state index contributed by atoms with van der Waals surface area (Å²) in [5.74, 6) is 0. The number of aryl methyl sites for hydroxylation is 5. The van der Waals surface area contributed by atoms with Crippen LogP contribution < -0.4 is 4.57 Å². The maximum absolute atomic E-state index is 3.98. The summed E-state index contributed by atoms with van der Waals surface area (Å²) < 4.78 is 4.62. The van der Waals surface area contributed by atoms with Crippen molar-refractivity contribution in [1.82, 2.24) is 4.98 Å². The first-order valence-corrected chi connectivity index (χ1v) is 21.0. The van der Waals surface area contributed by atoms with Crippen molar-refractivity contribution in [2.75, 3.05) is 17.2 Å². The molecule has 1 aliphatic heterocycles. The van der Waals surface area contributed by atoms with Crippen LogP contribution >= 0.6 is 31.9 Å². The van der Waals surface area contributed by atoms with Gasteiger partial charge in [-0.05, 0) is 109 Å². The standard InChI is InChI=1S/C26H37N2.C12H20Br2.C7H9N/c1-23-17-24(2)20-27(19-23)15-13-11-9-7-5-6-8-10-12-14-16-28-21-25(3)18-26(4)22-28;13-11-9-7-5-3-1-2-4-6-8-10-12-14;1-6-3-7(2)5-8-4-6/h5-8,17,19-22H,9-16H2,1-4H3;1-4H,5-12H2;3-5H,1-2H3/q+3;;/b7-5-,8-6-;3-1-,4-2-;. The van der Waals surface area contributed by atoms with E-state index in [1.807, 2.05) is 26.2 Å². The van der Waals surface area contributed by atoms with Crippen molar-refractivity contribution in [3.8, 4) is 0 Å². The number of hydrogen-bond donors (Lipinski definition) is 0. The second-order valence-corrected chi connectivity index (χ2v) is 14.8. The average Bonchev–Trinajstić information content (AvgIpc) is 3.06. The third-order valence-electron chi connectivity index (χ3n) is 7.67.